The second kappa shape index (κ2) is 6.08. The summed E-state index contributed by atoms with van der Waals surface area (Å²) in [6, 6.07) is 0. The zero-order valence-corrected chi connectivity index (χ0v) is 9.95. The van der Waals surface area contributed by atoms with Gasteiger partial charge in [0.15, 0.2) is 0 Å². The van der Waals surface area contributed by atoms with E-state index in [2.05, 4.69) is 5.32 Å². The Morgan fingerprint density at radius 3 is 2.93 bits per heavy atom. The molecule has 0 aromatic heterocycles. The summed E-state index contributed by atoms with van der Waals surface area (Å²) >= 11 is 0. The monoisotopic (exact) mass is 214 g/mol. The van der Waals surface area contributed by atoms with Crippen LogP contribution in [0.3, 0.4) is 0 Å². The van der Waals surface area contributed by atoms with E-state index in [-0.39, 0.29) is 12.0 Å². The quantitative estimate of drug-likeness (QED) is 0.724. The van der Waals surface area contributed by atoms with Crippen LogP contribution >= 0.6 is 0 Å². The third kappa shape index (κ3) is 3.18. The van der Waals surface area contributed by atoms with E-state index < -0.39 is 0 Å². The molecule has 0 aromatic carbocycles. The van der Waals surface area contributed by atoms with Crippen LogP contribution in [0.4, 0.5) is 0 Å². The molecule has 1 saturated heterocycles. The van der Waals surface area contributed by atoms with Crippen LogP contribution in [0.2, 0.25) is 0 Å². The van der Waals surface area contributed by atoms with Crippen LogP contribution in [-0.4, -0.2) is 50.7 Å². The smallest absolute Gasteiger partial charge is 0.251 e. The minimum Gasteiger partial charge on any atom is -0.372 e. The van der Waals surface area contributed by atoms with E-state index in [4.69, 9.17) is 4.74 Å². The van der Waals surface area contributed by atoms with Crippen molar-refractivity contribution in [2.24, 2.45) is 5.92 Å². The lowest BCUT2D eigenvalue weighted by atomic mass is 10.1. The molecule has 0 aliphatic carbocycles. The molecule has 1 rings (SSSR count). The fraction of sp³-hybridized carbons (Fsp3) is 0.909. The number of hydrogen-bond acceptors (Lipinski definition) is 3. The summed E-state index contributed by atoms with van der Waals surface area (Å²) in [5.41, 5.74) is 0. The Labute approximate surface area is 92.0 Å². The van der Waals surface area contributed by atoms with Gasteiger partial charge in [-0.2, -0.15) is 0 Å². The number of hydrogen-bond donors (Lipinski definition) is 1. The van der Waals surface area contributed by atoms with Crippen LogP contribution in [0.5, 0.6) is 0 Å². The highest BCUT2D eigenvalue weighted by Gasteiger charge is 2.29. The molecule has 2 unspecified atom stereocenters. The molecule has 1 fully saturated rings. The Hall–Kier alpha value is -0.610. The fourth-order valence-corrected chi connectivity index (χ4v) is 2.13. The van der Waals surface area contributed by atoms with Gasteiger partial charge in [0.05, 0.1) is 0 Å². The van der Waals surface area contributed by atoms with Crippen molar-refractivity contribution in [3.63, 3.8) is 0 Å². The third-order valence-corrected chi connectivity index (χ3v) is 3.02. The predicted molar refractivity (Wildman–Crippen MR) is 59.7 cm³/mol. The van der Waals surface area contributed by atoms with E-state index in [9.17, 15) is 4.79 Å². The summed E-state index contributed by atoms with van der Waals surface area (Å²) in [7, 11) is 3.56. The first-order valence-corrected chi connectivity index (χ1v) is 5.69. The van der Waals surface area contributed by atoms with Crippen molar-refractivity contribution in [3.8, 4) is 0 Å². The van der Waals surface area contributed by atoms with Gasteiger partial charge in [-0.3, -0.25) is 4.79 Å². The number of carbonyl (C=O) groups is 1. The Morgan fingerprint density at radius 1 is 1.67 bits per heavy atom. The van der Waals surface area contributed by atoms with Gasteiger partial charge in [0, 0.05) is 20.2 Å². The highest BCUT2D eigenvalue weighted by Crippen LogP contribution is 2.17. The summed E-state index contributed by atoms with van der Waals surface area (Å²) in [5.74, 6) is 0.756. The van der Waals surface area contributed by atoms with Crippen LogP contribution in [0.1, 0.15) is 19.8 Å². The van der Waals surface area contributed by atoms with Crippen LogP contribution in [-0.2, 0) is 9.53 Å². The van der Waals surface area contributed by atoms with E-state index in [1.54, 1.807) is 7.11 Å². The lowest BCUT2D eigenvalue weighted by molar-refractivity contribution is -0.141. The Morgan fingerprint density at radius 2 is 2.40 bits per heavy atom. The van der Waals surface area contributed by atoms with Crippen molar-refractivity contribution in [2.75, 3.05) is 33.8 Å². The number of nitrogens with zero attached hydrogens (tertiary/aromatic N) is 1. The fourth-order valence-electron chi connectivity index (χ4n) is 2.13. The molecule has 2 atom stereocenters. The van der Waals surface area contributed by atoms with Crippen molar-refractivity contribution >= 4 is 5.91 Å². The summed E-state index contributed by atoms with van der Waals surface area (Å²) in [5, 5.41) is 3.16. The van der Waals surface area contributed by atoms with Crippen molar-refractivity contribution in [3.05, 3.63) is 0 Å². The maximum absolute atomic E-state index is 11.9. The van der Waals surface area contributed by atoms with Gasteiger partial charge >= 0.3 is 0 Å². The molecule has 4 nitrogen and oxygen atoms in total. The zero-order chi connectivity index (χ0) is 11.3. The topological polar surface area (TPSA) is 41.6 Å². The second-order valence-corrected chi connectivity index (χ2v) is 4.13. The van der Waals surface area contributed by atoms with Gasteiger partial charge in [0.25, 0.3) is 5.91 Å². The highest BCUT2D eigenvalue weighted by molar-refractivity contribution is 5.81. The number of nitrogens with one attached hydrogen (secondary N) is 1. The molecule has 0 saturated carbocycles. The first-order valence-electron chi connectivity index (χ1n) is 5.69. The molecule has 0 bridgehead atoms. The number of carbonyl (C=O) groups excluding carboxylic acids is 1. The SMILES string of the molecule is CCC(OC)C(=O)N1CCC(CNC)C1. The third-order valence-electron chi connectivity index (χ3n) is 3.02. The number of amides is 1. The van der Waals surface area contributed by atoms with Gasteiger partial charge in [-0.25, -0.2) is 0 Å². The lowest BCUT2D eigenvalue weighted by Gasteiger charge is -2.21. The Bertz CT molecular complexity index is 205. The number of rotatable bonds is 5. The van der Waals surface area contributed by atoms with Gasteiger partial charge in [0.1, 0.15) is 6.10 Å². The van der Waals surface area contributed by atoms with Crippen molar-refractivity contribution in [2.45, 2.75) is 25.9 Å². The van der Waals surface area contributed by atoms with Crippen molar-refractivity contribution < 1.29 is 9.53 Å². The second-order valence-electron chi connectivity index (χ2n) is 4.13. The van der Waals surface area contributed by atoms with E-state index in [0.717, 1.165) is 32.5 Å². The van der Waals surface area contributed by atoms with Crippen LogP contribution in [0, 0.1) is 5.92 Å². The molecule has 0 aromatic rings. The molecule has 0 radical (unpaired) electrons. The summed E-state index contributed by atoms with van der Waals surface area (Å²) < 4.78 is 5.16. The Kier molecular flexibility index (Phi) is 5.05. The largest absolute Gasteiger partial charge is 0.372 e. The van der Waals surface area contributed by atoms with Gasteiger partial charge in [-0.05, 0) is 32.4 Å². The van der Waals surface area contributed by atoms with E-state index in [1.165, 1.54) is 0 Å². The standard InChI is InChI=1S/C11H22N2O2/c1-4-10(15-3)11(14)13-6-5-9(8-13)7-12-2/h9-10,12H,4-8H2,1-3H3. The molecule has 1 heterocycles. The normalized spacial score (nSPS) is 23.1. The summed E-state index contributed by atoms with van der Waals surface area (Å²) in [4.78, 5) is 13.9. The molecule has 15 heavy (non-hydrogen) atoms. The first kappa shape index (κ1) is 12.5. The number of likely N-dealkylation sites (tertiary alicyclic amines) is 1. The van der Waals surface area contributed by atoms with E-state index in [1.807, 2.05) is 18.9 Å². The van der Waals surface area contributed by atoms with Crippen molar-refractivity contribution in [1.29, 1.82) is 0 Å². The number of ether oxygens (including phenoxy) is 1. The average Bonchev–Trinajstić information content (AvgIpc) is 2.68. The van der Waals surface area contributed by atoms with Gasteiger partial charge in [0.2, 0.25) is 0 Å². The molecule has 0 spiro atoms. The maximum atomic E-state index is 11.9. The minimum absolute atomic E-state index is 0.151. The van der Waals surface area contributed by atoms with E-state index >= 15 is 0 Å². The maximum Gasteiger partial charge on any atom is 0.251 e. The first-order chi connectivity index (χ1) is 7.22. The summed E-state index contributed by atoms with van der Waals surface area (Å²) in [6.45, 7) is 4.73. The van der Waals surface area contributed by atoms with Gasteiger partial charge in [-0.15, -0.1) is 0 Å². The molecule has 1 aliphatic heterocycles. The zero-order valence-electron chi connectivity index (χ0n) is 9.95. The molecule has 1 N–H and O–H groups in total. The average molecular weight is 214 g/mol. The molecule has 1 aliphatic rings. The molecular weight excluding hydrogens is 192 g/mol. The molecule has 88 valence electrons. The highest BCUT2D eigenvalue weighted by atomic mass is 16.5. The number of methoxy groups -OCH3 is 1. The summed E-state index contributed by atoms with van der Waals surface area (Å²) in [6.07, 6.45) is 1.60. The van der Waals surface area contributed by atoms with Crippen LogP contribution in [0.15, 0.2) is 0 Å². The van der Waals surface area contributed by atoms with Gasteiger partial charge in [-0.1, -0.05) is 6.92 Å². The van der Waals surface area contributed by atoms with Crippen LogP contribution < -0.4 is 5.32 Å². The van der Waals surface area contributed by atoms with E-state index in [0.29, 0.717) is 5.92 Å². The minimum atomic E-state index is -0.252. The predicted octanol–water partition coefficient (Wildman–Crippen LogP) is 0.479. The van der Waals surface area contributed by atoms with Crippen LogP contribution in [0.25, 0.3) is 0 Å². The molecular formula is C11H22N2O2. The lowest BCUT2D eigenvalue weighted by Crippen LogP contribution is -2.38. The van der Waals surface area contributed by atoms with Gasteiger partial charge < -0.3 is 15.0 Å². The molecule has 1 amide bonds. The van der Waals surface area contributed by atoms with Crippen molar-refractivity contribution in [1.82, 2.24) is 10.2 Å². The Balaban J connectivity index is 2.42. The molecule has 4 heteroatoms.